The van der Waals surface area contributed by atoms with Crippen LogP contribution in [0.2, 0.25) is 0 Å². The zero-order valence-corrected chi connectivity index (χ0v) is 7.18. The second kappa shape index (κ2) is 4.98. The number of aliphatic imine (C=N–C) groups is 1. The Kier molecular flexibility index (Phi) is 4.55. The van der Waals surface area contributed by atoms with Gasteiger partial charge in [-0.15, -0.1) is 0 Å². The van der Waals surface area contributed by atoms with Crippen LogP contribution >= 0.6 is 0 Å². The first-order valence-electron chi connectivity index (χ1n) is 3.40. The minimum Gasteiger partial charge on any atom is -0.297 e. The lowest BCUT2D eigenvalue weighted by molar-refractivity contribution is 1.35. The smallest absolute Gasteiger partial charge is 0.0277 e. The van der Waals surface area contributed by atoms with Gasteiger partial charge in [-0.05, 0) is 32.4 Å². The molecule has 0 radical (unpaired) electrons. The van der Waals surface area contributed by atoms with Crippen molar-refractivity contribution in [1.29, 1.82) is 0 Å². The van der Waals surface area contributed by atoms with Crippen molar-refractivity contribution in [2.45, 2.75) is 20.8 Å². The van der Waals surface area contributed by atoms with E-state index in [2.05, 4.69) is 31.8 Å². The second-order valence-electron chi connectivity index (χ2n) is 2.54. The summed E-state index contributed by atoms with van der Waals surface area (Å²) < 4.78 is 0. The molecule has 0 aliphatic rings. The molecule has 1 nitrogen and oxygen atoms in total. The quantitative estimate of drug-likeness (QED) is 0.410. The van der Waals surface area contributed by atoms with Crippen molar-refractivity contribution in [1.82, 2.24) is 0 Å². The molecule has 0 aromatic carbocycles. The number of rotatable bonds is 2. The number of hydrogen-bond acceptors (Lipinski definition) is 1. The summed E-state index contributed by atoms with van der Waals surface area (Å²) in [6.45, 7) is 6.23. The normalized spacial score (nSPS) is 12.2. The maximum absolute atomic E-state index is 3.85. The van der Waals surface area contributed by atoms with Gasteiger partial charge in [-0.25, -0.2) is 0 Å². The van der Waals surface area contributed by atoms with Gasteiger partial charge in [0.1, 0.15) is 0 Å². The molecule has 0 heterocycles. The van der Waals surface area contributed by atoms with E-state index in [1.807, 2.05) is 6.08 Å². The van der Waals surface area contributed by atoms with Crippen LogP contribution in [0.25, 0.3) is 0 Å². The molecule has 0 spiro atoms. The van der Waals surface area contributed by atoms with E-state index in [1.54, 1.807) is 13.3 Å². The predicted octanol–water partition coefficient (Wildman–Crippen LogP) is 2.60. The van der Waals surface area contributed by atoms with E-state index < -0.39 is 0 Å². The van der Waals surface area contributed by atoms with Gasteiger partial charge in [-0.3, -0.25) is 4.99 Å². The molecule has 0 atom stereocenters. The summed E-state index contributed by atoms with van der Waals surface area (Å²) in [6.07, 6.45) is 5.92. The lowest BCUT2D eigenvalue weighted by Gasteiger charge is -1.89. The lowest BCUT2D eigenvalue weighted by atomic mass is 10.2. The highest BCUT2D eigenvalue weighted by Crippen LogP contribution is 1.98. The summed E-state index contributed by atoms with van der Waals surface area (Å²) in [6, 6.07) is 0. The van der Waals surface area contributed by atoms with Crippen molar-refractivity contribution in [3.63, 3.8) is 0 Å². The molecule has 0 aliphatic heterocycles. The summed E-state index contributed by atoms with van der Waals surface area (Å²) in [7, 11) is 1.77. The third kappa shape index (κ3) is 5.29. The highest BCUT2D eigenvalue weighted by molar-refractivity contribution is 5.72. The van der Waals surface area contributed by atoms with Crippen molar-refractivity contribution < 1.29 is 0 Å². The van der Waals surface area contributed by atoms with Crippen LogP contribution < -0.4 is 0 Å². The maximum Gasteiger partial charge on any atom is 0.0277 e. The van der Waals surface area contributed by atoms with Crippen LogP contribution in [-0.2, 0) is 0 Å². The number of nitrogens with zero attached hydrogens (tertiary/aromatic N) is 1. The number of allylic oxidation sites excluding steroid dienone is 4. The van der Waals surface area contributed by atoms with Gasteiger partial charge >= 0.3 is 0 Å². The Hall–Kier alpha value is -0.850. The highest BCUT2D eigenvalue weighted by atomic mass is 14.6. The van der Waals surface area contributed by atoms with Crippen LogP contribution in [0, 0.1) is 0 Å². The molecule has 0 aromatic rings. The van der Waals surface area contributed by atoms with E-state index >= 15 is 0 Å². The van der Waals surface area contributed by atoms with Gasteiger partial charge in [-0.1, -0.05) is 11.6 Å². The fourth-order valence-corrected chi connectivity index (χ4v) is 0.696. The largest absolute Gasteiger partial charge is 0.297 e. The third-order valence-corrected chi connectivity index (χ3v) is 1.00. The zero-order valence-electron chi connectivity index (χ0n) is 7.18. The van der Waals surface area contributed by atoms with Crippen LogP contribution in [0.3, 0.4) is 0 Å². The first-order valence-corrected chi connectivity index (χ1v) is 3.40. The zero-order chi connectivity index (χ0) is 7.98. The van der Waals surface area contributed by atoms with Crippen LogP contribution in [0.5, 0.6) is 0 Å². The Bertz CT molecular complexity index is 169. The molecule has 0 rings (SSSR count). The molecule has 0 amide bonds. The van der Waals surface area contributed by atoms with Gasteiger partial charge in [0.25, 0.3) is 0 Å². The van der Waals surface area contributed by atoms with Crippen molar-refractivity contribution in [2.24, 2.45) is 4.99 Å². The summed E-state index contributed by atoms with van der Waals surface area (Å²) in [5.41, 5.74) is 2.56. The minimum absolute atomic E-state index is 1.24. The van der Waals surface area contributed by atoms with Crippen molar-refractivity contribution >= 4 is 6.21 Å². The van der Waals surface area contributed by atoms with Gasteiger partial charge in [0.15, 0.2) is 0 Å². The summed E-state index contributed by atoms with van der Waals surface area (Å²) >= 11 is 0. The fraction of sp³-hybridized carbons (Fsp3) is 0.444. The van der Waals surface area contributed by atoms with Crippen molar-refractivity contribution in [3.8, 4) is 0 Å². The Balaban J connectivity index is 4.08. The topological polar surface area (TPSA) is 12.4 Å². The first kappa shape index (κ1) is 9.15. The maximum atomic E-state index is 3.85. The van der Waals surface area contributed by atoms with E-state index in [4.69, 9.17) is 0 Å². The Morgan fingerprint density at radius 1 is 1.20 bits per heavy atom. The van der Waals surface area contributed by atoms with Crippen LogP contribution in [-0.4, -0.2) is 13.3 Å². The highest BCUT2D eigenvalue weighted by Gasteiger charge is 1.79. The molecule has 0 N–H and O–H groups in total. The van der Waals surface area contributed by atoms with Gasteiger partial charge in [0, 0.05) is 13.3 Å². The molecule has 0 fully saturated rings. The second-order valence-corrected chi connectivity index (χ2v) is 2.54. The fourth-order valence-electron chi connectivity index (χ4n) is 0.696. The average molecular weight is 137 g/mol. The first-order chi connectivity index (χ1) is 4.66. The average Bonchev–Trinajstić information content (AvgIpc) is 1.82. The minimum atomic E-state index is 1.24. The summed E-state index contributed by atoms with van der Waals surface area (Å²) in [5, 5.41) is 0. The van der Waals surface area contributed by atoms with Crippen LogP contribution in [0.15, 0.2) is 28.3 Å². The van der Waals surface area contributed by atoms with Gasteiger partial charge in [0.2, 0.25) is 0 Å². The van der Waals surface area contributed by atoms with Crippen LogP contribution in [0.4, 0.5) is 0 Å². The summed E-state index contributed by atoms with van der Waals surface area (Å²) in [4.78, 5) is 3.85. The van der Waals surface area contributed by atoms with Gasteiger partial charge < -0.3 is 0 Å². The Labute approximate surface area is 63.2 Å². The molecule has 0 bridgehead atoms. The summed E-state index contributed by atoms with van der Waals surface area (Å²) in [5.74, 6) is 0. The molecule has 0 saturated heterocycles. The molecule has 0 aliphatic carbocycles. The van der Waals surface area contributed by atoms with E-state index in [9.17, 15) is 0 Å². The molecule has 56 valence electrons. The standard InChI is InChI=1S/C9H15N/c1-8(2)7-9(3)5-6-10-4/h5-7H,1-4H3/b9-5+,10-6?. The number of hydrogen-bond donors (Lipinski definition) is 0. The SMILES string of the molecule is CN=C/C=C(\C)C=C(C)C. The molecule has 0 unspecified atom stereocenters. The Morgan fingerprint density at radius 2 is 1.80 bits per heavy atom. The molecule has 10 heavy (non-hydrogen) atoms. The van der Waals surface area contributed by atoms with Gasteiger partial charge in [0.05, 0.1) is 0 Å². The van der Waals surface area contributed by atoms with E-state index in [-0.39, 0.29) is 0 Å². The molecule has 0 aromatic heterocycles. The molecular weight excluding hydrogens is 122 g/mol. The van der Waals surface area contributed by atoms with E-state index in [1.165, 1.54) is 11.1 Å². The van der Waals surface area contributed by atoms with Crippen molar-refractivity contribution in [2.75, 3.05) is 7.05 Å². The third-order valence-electron chi connectivity index (χ3n) is 1.00. The monoisotopic (exact) mass is 137 g/mol. The lowest BCUT2D eigenvalue weighted by Crippen LogP contribution is -1.72. The van der Waals surface area contributed by atoms with Gasteiger partial charge in [-0.2, -0.15) is 0 Å². The van der Waals surface area contributed by atoms with E-state index in [0.29, 0.717) is 0 Å². The Morgan fingerprint density at radius 3 is 2.20 bits per heavy atom. The van der Waals surface area contributed by atoms with Crippen molar-refractivity contribution in [3.05, 3.63) is 23.3 Å². The van der Waals surface area contributed by atoms with E-state index in [0.717, 1.165) is 0 Å². The molecule has 1 heteroatoms. The molecule has 0 saturated carbocycles. The predicted molar refractivity (Wildman–Crippen MR) is 47.6 cm³/mol. The van der Waals surface area contributed by atoms with Crippen LogP contribution in [0.1, 0.15) is 20.8 Å². The molecular formula is C9H15N.